The fourth-order valence-corrected chi connectivity index (χ4v) is 1.50. The van der Waals surface area contributed by atoms with E-state index in [4.69, 9.17) is 11.6 Å². The number of aryl methyl sites for hydroxylation is 1. The summed E-state index contributed by atoms with van der Waals surface area (Å²) in [6.45, 7) is 0. The number of alkyl halides is 3. The first-order chi connectivity index (χ1) is 8.36. The molecule has 2 heterocycles. The van der Waals surface area contributed by atoms with E-state index in [9.17, 15) is 13.2 Å². The molecule has 0 radical (unpaired) electrons. The Morgan fingerprint density at radius 2 is 2.11 bits per heavy atom. The van der Waals surface area contributed by atoms with Crippen molar-refractivity contribution in [2.75, 3.05) is 5.32 Å². The molecule has 2 aromatic heterocycles. The Morgan fingerprint density at radius 3 is 2.61 bits per heavy atom. The SMILES string of the molecule is Cn1ccc(Nc2ncc(C(F)(F)F)cc2Cl)n1. The zero-order valence-corrected chi connectivity index (χ0v) is 9.92. The lowest BCUT2D eigenvalue weighted by molar-refractivity contribution is -0.137. The standard InChI is InChI=1S/C10H8ClF3N4/c1-18-3-2-8(17-18)16-9-7(11)4-6(5-15-9)10(12,13)14/h2-5H,1H3,(H,15,16,17). The van der Waals surface area contributed by atoms with Gasteiger partial charge in [0.15, 0.2) is 5.82 Å². The molecule has 0 spiro atoms. The van der Waals surface area contributed by atoms with Crippen LogP contribution in [0.25, 0.3) is 0 Å². The van der Waals surface area contributed by atoms with Gasteiger partial charge in [0.1, 0.15) is 5.82 Å². The summed E-state index contributed by atoms with van der Waals surface area (Å²) in [6, 6.07) is 2.47. The monoisotopic (exact) mass is 276 g/mol. The van der Waals surface area contributed by atoms with Gasteiger partial charge in [-0.3, -0.25) is 4.68 Å². The minimum atomic E-state index is -4.46. The second-order valence-corrected chi connectivity index (χ2v) is 3.96. The van der Waals surface area contributed by atoms with Crippen molar-refractivity contribution in [3.8, 4) is 0 Å². The van der Waals surface area contributed by atoms with E-state index >= 15 is 0 Å². The highest BCUT2D eigenvalue weighted by Crippen LogP contribution is 2.32. The molecule has 0 aliphatic rings. The number of hydrogen-bond donors (Lipinski definition) is 1. The Morgan fingerprint density at radius 1 is 1.39 bits per heavy atom. The van der Waals surface area contributed by atoms with Crippen LogP contribution in [-0.2, 0) is 13.2 Å². The van der Waals surface area contributed by atoms with E-state index in [0.717, 1.165) is 12.3 Å². The number of nitrogens with zero attached hydrogens (tertiary/aromatic N) is 3. The number of pyridine rings is 1. The van der Waals surface area contributed by atoms with Crippen molar-refractivity contribution < 1.29 is 13.2 Å². The second kappa shape index (κ2) is 4.49. The topological polar surface area (TPSA) is 42.7 Å². The molecule has 0 aliphatic carbocycles. The highest BCUT2D eigenvalue weighted by molar-refractivity contribution is 6.33. The molecule has 96 valence electrons. The van der Waals surface area contributed by atoms with Gasteiger partial charge in [-0.25, -0.2) is 4.98 Å². The minimum absolute atomic E-state index is 0.115. The third-order valence-corrected chi connectivity index (χ3v) is 2.42. The predicted molar refractivity (Wildman–Crippen MR) is 60.7 cm³/mol. The van der Waals surface area contributed by atoms with Crippen molar-refractivity contribution in [1.82, 2.24) is 14.8 Å². The van der Waals surface area contributed by atoms with Crippen molar-refractivity contribution in [3.05, 3.63) is 35.1 Å². The fraction of sp³-hybridized carbons (Fsp3) is 0.200. The van der Waals surface area contributed by atoms with Gasteiger partial charge in [0.2, 0.25) is 0 Å². The number of aromatic nitrogens is 3. The van der Waals surface area contributed by atoms with E-state index in [1.807, 2.05) is 0 Å². The Hall–Kier alpha value is -1.76. The molecule has 1 N–H and O–H groups in total. The second-order valence-electron chi connectivity index (χ2n) is 3.55. The third kappa shape index (κ3) is 2.73. The first kappa shape index (κ1) is 12.7. The molecule has 0 atom stereocenters. The van der Waals surface area contributed by atoms with E-state index in [-0.39, 0.29) is 10.8 Å². The van der Waals surface area contributed by atoms with Crippen LogP contribution in [0.5, 0.6) is 0 Å². The molecule has 2 aromatic rings. The highest BCUT2D eigenvalue weighted by atomic mass is 35.5. The van der Waals surface area contributed by atoms with E-state index in [1.165, 1.54) is 0 Å². The average Bonchev–Trinajstić information content (AvgIpc) is 2.65. The number of hydrogen-bond acceptors (Lipinski definition) is 3. The van der Waals surface area contributed by atoms with Gasteiger partial charge in [-0.2, -0.15) is 18.3 Å². The molecule has 0 fully saturated rings. The first-order valence-electron chi connectivity index (χ1n) is 4.85. The van der Waals surface area contributed by atoms with E-state index in [2.05, 4.69) is 15.4 Å². The van der Waals surface area contributed by atoms with Gasteiger partial charge in [-0.15, -0.1) is 0 Å². The Labute approximate surface area is 105 Å². The lowest BCUT2D eigenvalue weighted by Gasteiger charge is -2.09. The van der Waals surface area contributed by atoms with Crippen LogP contribution in [0.1, 0.15) is 5.56 Å². The number of anilines is 2. The normalized spacial score (nSPS) is 11.6. The summed E-state index contributed by atoms with van der Waals surface area (Å²) < 4.78 is 38.7. The van der Waals surface area contributed by atoms with Crippen LogP contribution < -0.4 is 5.32 Å². The van der Waals surface area contributed by atoms with Crippen molar-refractivity contribution >= 4 is 23.2 Å². The van der Waals surface area contributed by atoms with Crippen LogP contribution in [0.3, 0.4) is 0 Å². The zero-order chi connectivity index (χ0) is 13.3. The Kier molecular flexibility index (Phi) is 3.16. The summed E-state index contributed by atoms with van der Waals surface area (Å²) in [5.74, 6) is 0.579. The molecule has 8 heteroatoms. The summed E-state index contributed by atoms with van der Waals surface area (Å²) in [4.78, 5) is 3.64. The summed E-state index contributed by atoms with van der Waals surface area (Å²) in [6.07, 6.45) is -2.06. The van der Waals surface area contributed by atoms with Gasteiger partial charge in [0.25, 0.3) is 0 Å². The average molecular weight is 277 g/mol. The molecule has 18 heavy (non-hydrogen) atoms. The summed E-state index contributed by atoms with van der Waals surface area (Å²) in [5.41, 5.74) is -0.890. The van der Waals surface area contributed by atoms with Crippen LogP contribution >= 0.6 is 11.6 Å². The van der Waals surface area contributed by atoms with Gasteiger partial charge < -0.3 is 5.32 Å². The molecular formula is C10H8ClF3N4. The maximum Gasteiger partial charge on any atom is 0.417 e. The zero-order valence-electron chi connectivity index (χ0n) is 9.16. The minimum Gasteiger partial charge on any atom is -0.322 e. The van der Waals surface area contributed by atoms with Gasteiger partial charge in [0.05, 0.1) is 10.6 Å². The molecule has 0 saturated carbocycles. The molecule has 0 bridgehead atoms. The molecular weight excluding hydrogens is 269 g/mol. The van der Waals surface area contributed by atoms with Gasteiger partial charge in [-0.05, 0) is 6.07 Å². The molecule has 0 saturated heterocycles. The van der Waals surface area contributed by atoms with Crippen molar-refractivity contribution in [2.45, 2.75) is 6.18 Å². The Balaban J connectivity index is 2.25. The lowest BCUT2D eigenvalue weighted by Crippen LogP contribution is -2.06. The van der Waals surface area contributed by atoms with Gasteiger partial charge in [-0.1, -0.05) is 11.6 Å². The summed E-state index contributed by atoms with van der Waals surface area (Å²) >= 11 is 5.73. The summed E-state index contributed by atoms with van der Waals surface area (Å²) in [7, 11) is 1.72. The quantitative estimate of drug-likeness (QED) is 0.916. The van der Waals surface area contributed by atoms with Crippen molar-refractivity contribution in [1.29, 1.82) is 0 Å². The third-order valence-electron chi connectivity index (χ3n) is 2.13. The highest BCUT2D eigenvalue weighted by Gasteiger charge is 2.31. The molecule has 0 unspecified atom stereocenters. The Bertz CT molecular complexity index is 564. The fourth-order valence-electron chi connectivity index (χ4n) is 1.29. The van der Waals surface area contributed by atoms with Crippen LogP contribution in [0.2, 0.25) is 5.02 Å². The van der Waals surface area contributed by atoms with Gasteiger partial charge >= 0.3 is 6.18 Å². The molecule has 4 nitrogen and oxygen atoms in total. The van der Waals surface area contributed by atoms with Crippen molar-refractivity contribution in [2.24, 2.45) is 7.05 Å². The van der Waals surface area contributed by atoms with Crippen LogP contribution in [-0.4, -0.2) is 14.8 Å². The van der Waals surface area contributed by atoms with Crippen LogP contribution in [0.15, 0.2) is 24.5 Å². The molecule has 0 amide bonds. The van der Waals surface area contributed by atoms with E-state index in [0.29, 0.717) is 5.82 Å². The predicted octanol–water partition coefficient (Wildman–Crippen LogP) is 3.23. The maximum absolute atomic E-state index is 12.4. The number of halogens is 4. The van der Waals surface area contributed by atoms with Crippen molar-refractivity contribution in [3.63, 3.8) is 0 Å². The van der Waals surface area contributed by atoms with E-state index in [1.54, 1.807) is 24.0 Å². The van der Waals surface area contributed by atoms with Crippen LogP contribution in [0.4, 0.5) is 24.8 Å². The van der Waals surface area contributed by atoms with Crippen LogP contribution in [0, 0.1) is 0 Å². The first-order valence-corrected chi connectivity index (χ1v) is 5.23. The maximum atomic E-state index is 12.4. The number of rotatable bonds is 2. The lowest BCUT2D eigenvalue weighted by atomic mass is 10.3. The molecule has 0 aliphatic heterocycles. The molecule has 0 aromatic carbocycles. The van der Waals surface area contributed by atoms with E-state index < -0.39 is 11.7 Å². The summed E-state index contributed by atoms with van der Waals surface area (Å²) in [5, 5.41) is 6.62. The van der Waals surface area contributed by atoms with Gasteiger partial charge in [0, 0.05) is 25.5 Å². The smallest absolute Gasteiger partial charge is 0.322 e. The molecule has 2 rings (SSSR count). The largest absolute Gasteiger partial charge is 0.417 e. The number of nitrogens with one attached hydrogen (secondary N) is 1.